The first-order valence-corrected chi connectivity index (χ1v) is 8.53. The molecule has 0 saturated carbocycles. The van der Waals surface area contributed by atoms with E-state index in [1.165, 1.54) is 0 Å². The van der Waals surface area contributed by atoms with Crippen LogP contribution in [0, 0.1) is 13.8 Å². The van der Waals surface area contributed by atoms with Crippen LogP contribution in [0.1, 0.15) is 29.2 Å². The average Bonchev–Trinajstić information content (AvgIpc) is 2.59. The van der Waals surface area contributed by atoms with Crippen molar-refractivity contribution in [3.8, 4) is 0 Å². The summed E-state index contributed by atoms with van der Waals surface area (Å²) in [6.07, 6.45) is 0.287. The smallest absolute Gasteiger partial charge is 0.242 e. The van der Waals surface area contributed by atoms with Crippen LogP contribution in [0.3, 0.4) is 0 Å². The highest BCUT2D eigenvalue weighted by atomic mass is 16.2. The Morgan fingerprint density at radius 2 is 1.80 bits per heavy atom. The molecule has 1 N–H and O–H groups in total. The fourth-order valence-corrected chi connectivity index (χ4v) is 2.86. The monoisotopic (exact) mass is 338 g/mol. The van der Waals surface area contributed by atoms with Crippen molar-refractivity contribution in [1.82, 2.24) is 10.2 Å². The molecule has 0 aliphatic carbocycles. The van der Waals surface area contributed by atoms with Crippen LogP contribution in [0.25, 0.3) is 0 Å². The van der Waals surface area contributed by atoms with E-state index >= 15 is 0 Å². The molecule has 0 spiro atoms. The number of carbonyl (C=O) groups is 2. The number of hydrogen-bond donors (Lipinski definition) is 1. The maximum Gasteiger partial charge on any atom is 0.242 e. The van der Waals surface area contributed by atoms with Crippen molar-refractivity contribution in [3.05, 3.63) is 70.8 Å². The summed E-state index contributed by atoms with van der Waals surface area (Å²) in [7, 11) is 1.59. The van der Waals surface area contributed by atoms with Crippen LogP contribution in [0.4, 0.5) is 0 Å². The molecular formula is C21H26N2O2. The van der Waals surface area contributed by atoms with E-state index in [0.717, 1.165) is 22.3 Å². The number of aryl methyl sites for hydroxylation is 2. The zero-order valence-corrected chi connectivity index (χ0v) is 15.4. The van der Waals surface area contributed by atoms with E-state index in [1.54, 1.807) is 18.9 Å². The minimum atomic E-state index is -0.526. The molecule has 0 aromatic heterocycles. The molecule has 0 heterocycles. The van der Waals surface area contributed by atoms with Crippen molar-refractivity contribution in [2.24, 2.45) is 0 Å². The maximum absolute atomic E-state index is 12.9. The van der Waals surface area contributed by atoms with Gasteiger partial charge in [0.25, 0.3) is 0 Å². The van der Waals surface area contributed by atoms with Gasteiger partial charge in [0.2, 0.25) is 11.8 Å². The van der Waals surface area contributed by atoms with Crippen molar-refractivity contribution in [2.75, 3.05) is 7.05 Å². The van der Waals surface area contributed by atoms with Crippen LogP contribution in [-0.4, -0.2) is 29.8 Å². The molecule has 0 bridgehead atoms. The molecule has 0 saturated heterocycles. The standard InChI is InChI=1S/C21H26N2O2/c1-15-8-7-10-18(12-15)13-20(24)23(17(3)21(25)22-4)14-19-11-6-5-9-16(19)2/h5-12,17H,13-14H2,1-4H3,(H,22,25)/t17-/m1/s1. The van der Waals surface area contributed by atoms with Gasteiger partial charge in [-0.15, -0.1) is 0 Å². The summed E-state index contributed by atoms with van der Waals surface area (Å²) in [5.74, 6) is -0.212. The molecule has 25 heavy (non-hydrogen) atoms. The quantitative estimate of drug-likeness (QED) is 0.880. The lowest BCUT2D eigenvalue weighted by molar-refractivity contribution is -0.139. The SMILES string of the molecule is CNC(=O)[C@@H](C)N(Cc1ccccc1C)C(=O)Cc1cccc(C)c1. The van der Waals surface area contributed by atoms with Gasteiger partial charge in [0, 0.05) is 13.6 Å². The van der Waals surface area contributed by atoms with Crippen LogP contribution in [0.2, 0.25) is 0 Å². The lowest BCUT2D eigenvalue weighted by Gasteiger charge is -2.29. The van der Waals surface area contributed by atoms with Gasteiger partial charge in [0.15, 0.2) is 0 Å². The predicted octanol–water partition coefficient (Wildman–Crippen LogP) is 3.01. The van der Waals surface area contributed by atoms with Crippen LogP contribution in [0.15, 0.2) is 48.5 Å². The Morgan fingerprint density at radius 1 is 1.08 bits per heavy atom. The molecule has 2 amide bonds. The average molecular weight is 338 g/mol. The van der Waals surface area contributed by atoms with E-state index < -0.39 is 6.04 Å². The Morgan fingerprint density at radius 3 is 2.44 bits per heavy atom. The first kappa shape index (κ1) is 18.7. The topological polar surface area (TPSA) is 49.4 Å². The number of nitrogens with zero attached hydrogens (tertiary/aromatic N) is 1. The van der Waals surface area contributed by atoms with Gasteiger partial charge in [0.05, 0.1) is 6.42 Å². The van der Waals surface area contributed by atoms with Gasteiger partial charge in [-0.25, -0.2) is 0 Å². The van der Waals surface area contributed by atoms with E-state index in [-0.39, 0.29) is 18.2 Å². The summed E-state index contributed by atoms with van der Waals surface area (Å²) >= 11 is 0. The molecule has 0 unspecified atom stereocenters. The largest absolute Gasteiger partial charge is 0.357 e. The molecule has 2 rings (SSSR count). The van der Waals surface area contributed by atoms with Crippen LogP contribution in [0.5, 0.6) is 0 Å². The lowest BCUT2D eigenvalue weighted by Crippen LogP contribution is -2.47. The summed E-state index contributed by atoms with van der Waals surface area (Å²) in [6.45, 7) is 6.21. The van der Waals surface area contributed by atoms with Crippen LogP contribution >= 0.6 is 0 Å². The first-order chi connectivity index (χ1) is 11.9. The second kappa shape index (κ2) is 8.47. The van der Waals surface area contributed by atoms with E-state index in [2.05, 4.69) is 5.32 Å². The van der Waals surface area contributed by atoms with Crippen molar-refractivity contribution in [3.63, 3.8) is 0 Å². The molecule has 0 aliphatic rings. The maximum atomic E-state index is 12.9. The minimum absolute atomic E-state index is 0.0510. The number of nitrogens with one attached hydrogen (secondary N) is 1. The highest BCUT2D eigenvalue weighted by Crippen LogP contribution is 2.15. The predicted molar refractivity (Wildman–Crippen MR) is 100 cm³/mol. The van der Waals surface area contributed by atoms with Crippen LogP contribution < -0.4 is 5.32 Å². The van der Waals surface area contributed by atoms with Crippen molar-refractivity contribution >= 4 is 11.8 Å². The lowest BCUT2D eigenvalue weighted by atomic mass is 10.0. The number of amides is 2. The van der Waals surface area contributed by atoms with Gasteiger partial charge < -0.3 is 10.2 Å². The van der Waals surface area contributed by atoms with Gasteiger partial charge in [-0.05, 0) is 37.5 Å². The molecule has 0 radical (unpaired) electrons. The summed E-state index contributed by atoms with van der Waals surface area (Å²) in [4.78, 5) is 26.7. The second-order valence-corrected chi connectivity index (χ2v) is 6.40. The molecule has 0 fully saturated rings. The number of benzene rings is 2. The Bertz CT molecular complexity index is 755. The molecule has 2 aromatic carbocycles. The molecule has 2 aromatic rings. The van der Waals surface area contributed by atoms with Gasteiger partial charge >= 0.3 is 0 Å². The fraction of sp³-hybridized carbons (Fsp3) is 0.333. The van der Waals surface area contributed by atoms with Crippen LogP contribution in [-0.2, 0) is 22.6 Å². The molecule has 4 nitrogen and oxygen atoms in total. The van der Waals surface area contributed by atoms with E-state index in [9.17, 15) is 9.59 Å². The molecular weight excluding hydrogens is 312 g/mol. The van der Waals surface area contributed by atoms with Gasteiger partial charge in [0.1, 0.15) is 6.04 Å². The number of carbonyl (C=O) groups excluding carboxylic acids is 2. The van der Waals surface area contributed by atoms with Gasteiger partial charge in [-0.2, -0.15) is 0 Å². The molecule has 4 heteroatoms. The zero-order chi connectivity index (χ0) is 18.4. The Labute approximate surface area is 149 Å². The molecule has 132 valence electrons. The Balaban J connectivity index is 2.25. The fourth-order valence-electron chi connectivity index (χ4n) is 2.86. The highest BCUT2D eigenvalue weighted by molar-refractivity contribution is 5.88. The number of likely N-dealkylation sites (N-methyl/N-ethyl adjacent to an activating group) is 1. The van der Waals surface area contributed by atoms with Gasteiger partial charge in [-0.1, -0.05) is 54.1 Å². The minimum Gasteiger partial charge on any atom is -0.357 e. The summed E-state index contributed by atoms with van der Waals surface area (Å²) in [6, 6.07) is 15.3. The number of hydrogen-bond acceptors (Lipinski definition) is 2. The molecule has 1 atom stereocenters. The first-order valence-electron chi connectivity index (χ1n) is 8.53. The Kier molecular flexibility index (Phi) is 6.34. The zero-order valence-electron chi connectivity index (χ0n) is 15.4. The highest BCUT2D eigenvalue weighted by Gasteiger charge is 2.25. The number of rotatable bonds is 6. The Hall–Kier alpha value is -2.62. The van der Waals surface area contributed by atoms with Crippen molar-refractivity contribution in [1.29, 1.82) is 0 Å². The third-order valence-corrected chi connectivity index (χ3v) is 4.45. The molecule has 0 aliphatic heterocycles. The summed E-state index contributed by atoms with van der Waals surface area (Å²) in [5, 5.41) is 2.64. The normalized spacial score (nSPS) is 11.7. The van der Waals surface area contributed by atoms with Crippen molar-refractivity contribution < 1.29 is 9.59 Å². The van der Waals surface area contributed by atoms with Gasteiger partial charge in [-0.3, -0.25) is 9.59 Å². The third-order valence-electron chi connectivity index (χ3n) is 4.45. The third kappa shape index (κ3) is 4.92. The summed E-state index contributed by atoms with van der Waals surface area (Å²) in [5.41, 5.74) is 4.25. The van der Waals surface area contributed by atoms with Crippen molar-refractivity contribution in [2.45, 2.75) is 39.8 Å². The second-order valence-electron chi connectivity index (χ2n) is 6.40. The summed E-state index contributed by atoms with van der Waals surface area (Å²) < 4.78 is 0. The van der Waals surface area contributed by atoms with E-state index in [1.807, 2.05) is 62.4 Å². The van der Waals surface area contributed by atoms with E-state index in [4.69, 9.17) is 0 Å². The van der Waals surface area contributed by atoms with E-state index in [0.29, 0.717) is 6.54 Å².